The summed E-state index contributed by atoms with van der Waals surface area (Å²) in [6.45, 7) is 0.694. The van der Waals surface area contributed by atoms with Crippen LogP contribution in [0.3, 0.4) is 0 Å². The fraction of sp³-hybridized carbons (Fsp3) is 0.167. The van der Waals surface area contributed by atoms with Crippen LogP contribution in [0.1, 0.15) is 10.4 Å². The Kier molecular flexibility index (Phi) is 4.12. The van der Waals surface area contributed by atoms with Crippen molar-refractivity contribution in [2.24, 2.45) is 0 Å². The number of anilines is 1. The van der Waals surface area contributed by atoms with Gasteiger partial charge in [0.1, 0.15) is 5.56 Å². The van der Waals surface area contributed by atoms with Crippen LogP contribution in [0.2, 0.25) is 0 Å². The number of halogens is 1. The second-order valence-corrected chi connectivity index (χ2v) is 4.20. The normalized spacial score (nSPS) is 10.3. The molecule has 0 unspecified atom stereocenters. The molecule has 2 rings (SSSR count). The number of carbonyl (C=O) groups excluding carboxylic acids is 1. The van der Waals surface area contributed by atoms with Crippen molar-refractivity contribution in [3.05, 3.63) is 52.3 Å². The Morgan fingerprint density at radius 1 is 1.52 bits per heavy atom. The maximum absolute atomic E-state index is 13.2. The predicted octanol–water partition coefficient (Wildman–Crippen LogP) is 0.943. The molecule has 8 nitrogen and oxygen atoms in total. The summed E-state index contributed by atoms with van der Waals surface area (Å²) < 4.78 is 15.0. The van der Waals surface area contributed by atoms with Crippen LogP contribution in [0, 0.1) is 15.9 Å². The van der Waals surface area contributed by atoms with Crippen molar-refractivity contribution in [2.75, 3.05) is 12.3 Å². The molecule has 9 heteroatoms. The van der Waals surface area contributed by atoms with Gasteiger partial charge in [0.25, 0.3) is 11.6 Å². The van der Waals surface area contributed by atoms with Crippen LogP contribution in [-0.2, 0) is 6.54 Å². The Bertz CT molecular complexity index is 672. The lowest BCUT2D eigenvalue weighted by Crippen LogP contribution is -2.27. The number of amides is 1. The summed E-state index contributed by atoms with van der Waals surface area (Å²) >= 11 is 0. The van der Waals surface area contributed by atoms with E-state index in [2.05, 4.69) is 10.3 Å². The Morgan fingerprint density at radius 2 is 2.29 bits per heavy atom. The number of benzene rings is 1. The van der Waals surface area contributed by atoms with Gasteiger partial charge in [0, 0.05) is 25.5 Å². The molecule has 1 amide bonds. The zero-order valence-electron chi connectivity index (χ0n) is 10.8. The van der Waals surface area contributed by atoms with Crippen LogP contribution in [0.15, 0.2) is 30.9 Å². The highest BCUT2D eigenvalue weighted by Crippen LogP contribution is 2.24. The van der Waals surface area contributed by atoms with Gasteiger partial charge in [0.15, 0.2) is 5.82 Å². The third-order valence-corrected chi connectivity index (χ3v) is 2.77. The van der Waals surface area contributed by atoms with Gasteiger partial charge in [-0.1, -0.05) is 0 Å². The molecule has 3 N–H and O–H groups in total. The molecular weight excluding hydrogens is 281 g/mol. The summed E-state index contributed by atoms with van der Waals surface area (Å²) in [5.74, 6) is -1.62. The summed E-state index contributed by atoms with van der Waals surface area (Å²) in [5.41, 5.74) is 4.13. The number of nitrogens with zero attached hydrogens (tertiary/aromatic N) is 3. The fourth-order valence-corrected chi connectivity index (χ4v) is 1.73. The molecule has 110 valence electrons. The van der Waals surface area contributed by atoms with Crippen LogP contribution in [0.5, 0.6) is 0 Å². The van der Waals surface area contributed by atoms with Gasteiger partial charge in [-0.2, -0.15) is 0 Å². The summed E-state index contributed by atoms with van der Waals surface area (Å²) in [6, 6.07) is 1.60. The van der Waals surface area contributed by atoms with E-state index in [4.69, 9.17) is 5.73 Å². The molecule has 1 heterocycles. The second kappa shape index (κ2) is 5.99. The van der Waals surface area contributed by atoms with E-state index < -0.39 is 22.3 Å². The number of hydrogen-bond acceptors (Lipinski definition) is 5. The van der Waals surface area contributed by atoms with Crippen molar-refractivity contribution in [3.63, 3.8) is 0 Å². The number of nitrogens with one attached hydrogen (secondary N) is 1. The molecule has 2 aromatic rings. The summed E-state index contributed by atoms with van der Waals surface area (Å²) in [4.78, 5) is 25.8. The Labute approximate surface area is 118 Å². The summed E-state index contributed by atoms with van der Waals surface area (Å²) in [7, 11) is 0. The monoisotopic (exact) mass is 293 g/mol. The Morgan fingerprint density at radius 3 is 2.90 bits per heavy atom. The number of nitro groups is 1. The van der Waals surface area contributed by atoms with Crippen molar-refractivity contribution in [2.45, 2.75) is 6.54 Å². The van der Waals surface area contributed by atoms with Gasteiger partial charge in [-0.05, 0) is 6.07 Å². The number of rotatable bonds is 5. The lowest BCUT2D eigenvalue weighted by molar-refractivity contribution is -0.385. The molecule has 0 bridgehead atoms. The largest absolute Gasteiger partial charge is 0.396 e. The number of nitrogen functional groups attached to an aromatic ring is 1. The number of nitrogens with two attached hydrogens (primary N) is 1. The van der Waals surface area contributed by atoms with Crippen molar-refractivity contribution in [1.82, 2.24) is 14.9 Å². The van der Waals surface area contributed by atoms with E-state index in [0.717, 1.165) is 6.07 Å². The van der Waals surface area contributed by atoms with Gasteiger partial charge in [-0.3, -0.25) is 14.9 Å². The molecule has 1 aromatic heterocycles. The van der Waals surface area contributed by atoms with Crippen molar-refractivity contribution in [1.29, 1.82) is 0 Å². The van der Waals surface area contributed by atoms with Gasteiger partial charge >= 0.3 is 0 Å². The zero-order valence-corrected chi connectivity index (χ0v) is 10.8. The van der Waals surface area contributed by atoms with E-state index >= 15 is 0 Å². The minimum absolute atomic E-state index is 0.240. The van der Waals surface area contributed by atoms with Crippen molar-refractivity contribution < 1.29 is 14.1 Å². The lowest BCUT2D eigenvalue weighted by atomic mass is 10.1. The second-order valence-electron chi connectivity index (χ2n) is 4.20. The van der Waals surface area contributed by atoms with Crippen LogP contribution in [0.4, 0.5) is 15.8 Å². The standard InChI is InChI=1S/C12H12FN5O3/c13-9-6-11(18(20)21)8(5-10(9)14)12(19)16-2-4-17-3-1-15-7-17/h1,3,5-7H,2,4,14H2,(H,16,19). The molecule has 0 atom stereocenters. The van der Waals surface area contributed by atoms with E-state index in [-0.39, 0.29) is 17.8 Å². The Hall–Kier alpha value is -2.97. The topological polar surface area (TPSA) is 116 Å². The van der Waals surface area contributed by atoms with E-state index in [9.17, 15) is 19.3 Å². The minimum Gasteiger partial charge on any atom is -0.396 e. The molecule has 0 fully saturated rings. The van der Waals surface area contributed by atoms with E-state index in [1.807, 2.05) is 0 Å². The van der Waals surface area contributed by atoms with Crippen LogP contribution in [-0.4, -0.2) is 26.9 Å². The van der Waals surface area contributed by atoms with Crippen molar-refractivity contribution >= 4 is 17.3 Å². The molecule has 21 heavy (non-hydrogen) atoms. The van der Waals surface area contributed by atoms with Gasteiger partial charge in [0.2, 0.25) is 0 Å². The fourth-order valence-electron chi connectivity index (χ4n) is 1.73. The third-order valence-electron chi connectivity index (χ3n) is 2.77. The quantitative estimate of drug-likeness (QED) is 0.483. The molecule has 0 radical (unpaired) electrons. The van der Waals surface area contributed by atoms with E-state index in [0.29, 0.717) is 12.6 Å². The number of imidazole rings is 1. The van der Waals surface area contributed by atoms with Gasteiger partial charge in [-0.25, -0.2) is 9.37 Å². The SMILES string of the molecule is Nc1cc(C(=O)NCCn2ccnc2)c([N+](=O)[O-])cc1F. The number of carbonyl (C=O) groups is 1. The minimum atomic E-state index is -0.934. The molecule has 0 aliphatic carbocycles. The summed E-state index contributed by atoms with van der Waals surface area (Å²) in [5, 5.41) is 13.4. The highest BCUT2D eigenvalue weighted by Gasteiger charge is 2.22. The summed E-state index contributed by atoms with van der Waals surface area (Å²) in [6.07, 6.45) is 4.88. The van der Waals surface area contributed by atoms with Crippen LogP contribution >= 0.6 is 0 Å². The first kappa shape index (κ1) is 14.4. The van der Waals surface area contributed by atoms with E-state index in [1.54, 1.807) is 23.3 Å². The first-order valence-corrected chi connectivity index (χ1v) is 5.96. The molecule has 0 saturated carbocycles. The number of aromatic nitrogens is 2. The number of nitro benzene ring substituents is 1. The van der Waals surface area contributed by atoms with Gasteiger partial charge in [-0.15, -0.1) is 0 Å². The first-order valence-electron chi connectivity index (χ1n) is 5.96. The molecule has 1 aromatic carbocycles. The maximum Gasteiger partial charge on any atom is 0.285 e. The molecule has 0 aliphatic heterocycles. The van der Waals surface area contributed by atoms with Crippen LogP contribution in [0.25, 0.3) is 0 Å². The van der Waals surface area contributed by atoms with Crippen LogP contribution < -0.4 is 11.1 Å². The maximum atomic E-state index is 13.2. The molecular formula is C12H12FN5O3. The smallest absolute Gasteiger partial charge is 0.285 e. The highest BCUT2D eigenvalue weighted by atomic mass is 19.1. The molecule has 0 saturated heterocycles. The lowest BCUT2D eigenvalue weighted by Gasteiger charge is -2.07. The molecule has 0 spiro atoms. The zero-order chi connectivity index (χ0) is 15.4. The highest BCUT2D eigenvalue weighted by molar-refractivity contribution is 5.99. The predicted molar refractivity (Wildman–Crippen MR) is 72.0 cm³/mol. The van der Waals surface area contributed by atoms with Gasteiger partial charge in [0.05, 0.1) is 23.0 Å². The average Bonchev–Trinajstić information content (AvgIpc) is 2.94. The van der Waals surface area contributed by atoms with Crippen molar-refractivity contribution in [3.8, 4) is 0 Å². The third kappa shape index (κ3) is 3.32. The Balaban J connectivity index is 2.11. The van der Waals surface area contributed by atoms with E-state index in [1.165, 1.54) is 0 Å². The number of hydrogen-bond donors (Lipinski definition) is 2. The first-order chi connectivity index (χ1) is 9.99. The molecule has 0 aliphatic rings. The average molecular weight is 293 g/mol. The van der Waals surface area contributed by atoms with Gasteiger partial charge < -0.3 is 15.6 Å².